The SMILES string of the molecule is c1ccc(-n2c3ccccc3c3cc(-n4c5ccccc5c5cc(-n6c7ccccc7c7cc8c9cc%10c%11ccccc%11c%11ccccc%11c%10cc9n(-c9ccccc9)c8cc76)ccc54)ccc32)cc1. The minimum atomic E-state index is 1.13. The summed E-state index contributed by atoms with van der Waals surface area (Å²) in [5, 5.41) is 17.6. The maximum absolute atomic E-state index is 2.49. The van der Waals surface area contributed by atoms with Crippen LogP contribution in [0.15, 0.2) is 243 Å². The van der Waals surface area contributed by atoms with Crippen LogP contribution in [-0.2, 0) is 0 Å². The number of benzene rings is 12. The fourth-order valence-electron chi connectivity index (χ4n) is 12.3. The van der Waals surface area contributed by atoms with E-state index >= 15 is 0 Å². The predicted molar refractivity (Wildman–Crippen MR) is 296 cm³/mol. The Labute approximate surface area is 401 Å². The van der Waals surface area contributed by atoms with E-state index in [0.717, 1.165) is 22.7 Å². The van der Waals surface area contributed by atoms with Crippen LogP contribution in [0, 0.1) is 0 Å². The molecule has 0 fully saturated rings. The molecule has 4 nitrogen and oxygen atoms in total. The monoisotopic (exact) mass is 888 g/mol. The molecule has 0 radical (unpaired) electrons. The molecule has 0 aliphatic carbocycles. The molecule has 324 valence electrons. The Morgan fingerprint density at radius 2 is 0.429 bits per heavy atom. The Morgan fingerprint density at radius 1 is 0.143 bits per heavy atom. The molecule has 0 N–H and O–H groups in total. The van der Waals surface area contributed by atoms with E-state index in [1.807, 2.05) is 0 Å². The summed E-state index contributed by atoms with van der Waals surface area (Å²) in [7, 11) is 0. The van der Waals surface area contributed by atoms with Crippen molar-refractivity contribution >= 4 is 120 Å². The van der Waals surface area contributed by atoms with Gasteiger partial charge in [0.2, 0.25) is 0 Å². The summed E-state index contributed by atoms with van der Waals surface area (Å²) < 4.78 is 9.81. The molecule has 16 rings (SSSR count). The highest BCUT2D eigenvalue weighted by atomic mass is 15.0. The maximum atomic E-state index is 2.49. The van der Waals surface area contributed by atoms with Crippen molar-refractivity contribution < 1.29 is 0 Å². The number of para-hydroxylation sites is 5. The van der Waals surface area contributed by atoms with Crippen molar-refractivity contribution in [3.05, 3.63) is 243 Å². The second-order valence-electron chi connectivity index (χ2n) is 18.9. The third-order valence-electron chi connectivity index (χ3n) is 15.3. The quantitative estimate of drug-likeness (QED) is 0.157. The average molecular weight is 889 g/mol. The summed E-state index contributed by atoms with van der Waals surface area (Å²) in [6.45, 7) is 0. The number of rotatable bonds is 4. The van der Waals surface area contributed by atoms with Crippen LogP contribution in [0.3, 0.4) is 0 Å². The summed E-state index contributed by atoms with van der Waals surface area (Å²) in [5.41, 5.74) is 14.1. The van der Waals surface area contributed by atoms with Crippen molar-refractivity contribution in [2.24, 2.45) is 0 Å². The van der Waals surface area contributed by atoms with E-state index in [4.69, 9.17) is 0 Å². The Bertz CT molecular complexity index is 4870. The highest BCUT2D eigenvalue weighted by molar-refractivity contribution is 6.30. The molecule has 0 atom stereocenters. The van der Waals surface area contributed by atoms with Crippen molar-refractivity contribution in [3.63, 3.8) is 0 Å². The van der Waals surface area contributed by atoms with E-state index in [1.54, 1.807) is 0 Å². The maximum Gasteiger partial charge on any atom is 0.0562 e. The Balaban J connectivity index is 0.954. The highest BCUT2D eigenvalue weighted by Gasteiger charge is 2.22. The molecule has 4 heterocycles. The van der Waals surface area contributed by atoms with Gasteiger partial charge in [0, 0.05) is 65.8 Å². The molecular formula is C66H40N4. The van der Waals surface area contributed by atoms with Gasteiger partial charge in [0.1, 0.15) is 0 Å². The fraction of sp³-hybridized carbons (Fsp3) is 0. The molecular weight excluding hydrogens is 849 g/mol. The molecule has 12 aromatic carbocycles. The number of fused-ring (bicyclic) bond motifs is 18. The lowest BCUT2D eigenvalue weighted by Crippen LogP contribution is -1.97. The molecule has 0 bridgehead atoms. The second kappa shape index (κ2) is 14.1. The first kappa shape index (κ1) is 37.7. The smallest absolute Gasteiger partial charge is 0.0562 e. The van der Waals surface area contributed by atoms with E-state index in [9.17, 15) is 0 Å². The molecule has 0 unspecified atom stereocenters. The topological polar surface area (TPSA) is 19.7 Å². The number of hydrogen-bond donors (Lipinski definition) is 0. The summed E-state index contributed by atoms with van der Waals surface area (Å²) >= 11 is 0. The standard InChI is InChI=1S/C66H40N4/c1-3-17-41(18-4-1)67-59-28-14-11-25-49(59)54-35-43(31-33-62(54)67)69-60-29-15-12-26-50(60)55-36-44(32-34-63(55)69)70-61-30-16-13-27-51(61)56-38-58-57-37-52-47-23-9-7-21-45(47)46-22-8-10-24-48(46)53(52)39-64(57)68(66(58)40-65(56)70)42-19-5-2-6-20-42/h1-40H. The molecule has 0 aliphatic rings. The van der Waals surface area contributed by atoms with E-state index in [2.05, 4.69) is 261 Å². The van der Waals surface area contributed by atoms with Crippen molar-refractivity contribution in [1.82, 2.24) is 18.3 Å². The van der Waals surface area contributed by atoms with E-state index < -0.39 is 0 Å². The third-order valence-corrected chi connectivity index (χ3v) is 15.3. The van der Waals surface area contributed by atoms with Crippen LogP contribution < -0.4 is 0 Å². The van der Waals surface area contributed by atoms with E-state index in [1.165, 1.54) is 120 Å². The van der Waals surface area contributed by atoms with Gasteiger partial charge in [-0.3, -0.25) is 0 Å². The summed E-state index contributed by atoms with van der Waals surface area (Å²) in [6.07, 6.45) is 0. The van der Waals surface area contributed by atoms with Crippen molar-refractivity contribution in [1.29, 1.82) is 0 Å². The van der Waals surface area contributed by atoms with Gasteiger partial charge in [-0.05, 0) is 135 Å². The first-order valence-corrected chi connectivity index (χ1v) is 24.2. The first-order valence-electron chi connectivity index (χ1n) is 24.2. The molecule has 0 spiro atoms. The van der Waals surface area contributed by atoms with Gasteiger partial charge in [0.05, 0.1) is 44.1 Å². The highest BCUT2D eigenvalue weighted by Crippen LogP contribution is 2.45. The zero-order chi connectivity index (χ0) is 45.6. The summed E-state index contributed by atoms with van der Waals surface area (Å²) in [6, 6.07) is 89.8. The third kappa shape index (κ3) is 5.09. The van der Waals surface area contributed by atoms with Gasteiger partial charge in [-0.2, -0.15) is 0 Å². The fourth-order valence-corrected chi connectivity index (χ4v) is 12.3. The van der Waals surface area contributed by atoms with Crippen molar-refractivity contribution in [2.75, 3.05) is 0 Å². The van der Waals surface area contributed by atoms with Gasteiger partial charge < -0.3 is 18.3 Å². The van der Waals surface area contributed by atoms with Crippen LogP contribution in [0.2, 0.25) is 0 Å². The second-order valence-corrected chi connectivity index (χ2v) is 18.9. The molecule has 4 heteroatoms. The molecule has 0 aliphatic heterocycles. The summed E-state index contributed by atoms with van der Waals surface area (Å²) in [5.74, 6) is 0. The Hall–Kier alpha value is -9.38. The van der Waals surface area contributed by atoms with Crippen LogP contribution in [0.4, 0.5) is 0 Å². The minimum absolute atomic E-state index is 1.13. The van der Waals surface area contributed by atoms with Crippen molar-refractivity contribution in [2.45, 2.75) is 0 Å². The van der Waals surface area contributed by atoms with Gasteiger partial charge in [0.25, 0.3) is 0 Å². The van der Waals surface area contributed by atoms with Crippen LogP contribution in [0.5, 0.6) is 0 Å². The van der Waals surface area contributed by atoms with Gasteiger partial charge in [-0.25, -0.2) is 0 Å². The number of hydrogen-bond acceptors (Lipinski definition) is 0. The lowest BCUT2D eigenvalue weighted by atomic mass is 9.93. The van der Waals surface area contributed by atoms with Crippen LogP contribution >= 0.6 is 0 Å². The minimum Gasteiger partial charge on any atom is -0.309 e. The molecule has 16 aromatic rings. The van der Waals surface area contributed by atoms with Gasteiger partial charge in [0.15, 0.2) is 0 Å². The molecule has 70 heavy (non-hydrogen) atoms. The lowest BCUT2D eigenvalue weighted by Gasteiger charge is -2.12. The van der Waals surface area contributed by atoms with Crippen molar-refractivity contribution in [3.8, 4) is 22.7 Å². The van der Waals surface area contributed by atoms with Gasteiger partial charge in [-0.15, -0.1) is 0 Å². The molecule has 0 amide bonds. The van der Waals surface area contributed by atoms with Gasteiger partial charge in [-0.1, -0.05) is 140 Å². The predicted octanol–water partition coefficient (Wildman–Crippen LogP) is 17.5. The van der Waals surface area contributed by atoms with Crippen LogP contribution in [0.1, 0.15) is 0 Å². The largest absolute Gasteiger partial charge is 0.309 e. The zero-order valence-corrected chi connectivity index (χ0v) is 37.9. The van der Waals surface area contributed by atoms with Gasteiger partial charge >= 0.3 is 0 Å². The van der Waals surface area contributed by atoms with E-state index in [-0.39, 0.29) is 0 Å². The lowest BCUT2D eigenvalue weighted by molar-refractivity contribution is 1.16. The Morgan fingerprint density at radius 3 is 0.900 bits per heavy atom. The Kier molecular flexibility index (Phi) is 7.58. The molecule has 4 aromatic heterocycles. The zero-order valence-electron chi connectivity index (χ0n) is 37.9. The first-order chi connectivity index (χ1) is 34.7. The molecule has 0 saturated carbocycles. The normalized spacial score (nSPS) is 12.3. The number of aromatic nitrogens is 4. The van der Waals surface area contributed by atoms with Crippen LogP contribution in [0.25, 0.3) is 142 Å². The van der Waals surface area contributed by atoms with E-state index in [0.29, 0.717) is 0 Å². The van der Waals surface area contributed by atoms with Crippen LogP contribution in [-0.4, -0.2) is 18.3 Å². The summed E-state index contributed by atoms with van der Waals surface area (Å²) in [4.78, 5) is 0. The number of nitrogens with zero attached hydrogens (tertiary/aromatic N) is 4. The molecule has 0 saturated heterocycles. The average Bonchev–Trinajstić information content (AvgIpc) is 4.14.